The largest absolute Gasteiger partial charge is 0.325 e. The summed E-state index contributed by atoms with van der Waals surface area (Å²) in [5, 5.41) is 2.56. The number of carbonyl (C=O) groups is 1. The molecule has 0 fully saturated rings. The van der Waals surface area contributed by atoms with Crippen molar-refractivity contribution in [2.75, 3.05) is 5.32 Å². The Morgan fingerprint density at radius 3 is 2.15 bits per heavy atom. The van der Waals surface area contributed by atoms with Gasteiger partial charge in [0.15, 0.2) is 11.6 Å². The van der Waals surface area contributed by atoms with Gasteiger partial charge in [-0.25, -0.2) is 17.2 Å². The number of carbonyl (C=O) groups excluding carboxylic acids is 1. The summed E-state index contributed by atoms with van der Waals surface area (Å²) in [6.45, 7) is 7.28. The predicted octanol–water partition coefficient (Wildman–Crippen LogP) is 4.95. The van der Waals surface area contributed by atoms with E-state index in [1.54, 1.807) is 13.8 Å². The highest BCUT2D eigenvalue weighted by molar-refractivity contribution is 7.89. The Kier molecular flexibility index (Phi) is 6.31. The first kappa shape index (κ1) is 24.0. The van der Waals surface area contributed by atoms with Gasteiger partial charge >= 0.3 is 0 Å². The van der Waals surface area contributed by atoms with Gasteiger partial charge in [-0.2, -0.15) is 4.31 Å². The molecular weight excluding hydrogens is 458 g/mol. The Labute approximate surface area is 198 Å². The lowest BCUT2D eigenvalue weighted by atomic mass is 9.95. The first-order chi connectivity index (χ1) is 16.0. The van der Waals surface area contributed by atoms with Crippen LogP contribution in [0.2, 0.25) is 0 Å². The quantitative estimate of drug-likeness (QED) is 0.570. The van der Waals surface area contributed by atoms with Gasteiger partial charge in [-0.1, -0.05) is 30.3 Å². The van der Waals surface area contributed by atoms with E-state index in [2.05, 4.69) is 5.32 Å². The third kappa shape index (κ3) is 4.23. The minimum absolute atomic E-state index is 0.0280. The van der Waals surface area contributed by atoms with Gasteiger partial charge in [-0.15, -0.1) is 0 Å². The highest BCUT2D eigenvalue weighted by atomic mass is 32.2. The van der Waals surface area contributed by atoms with E-state index in [-0.39, 0.29) is 23.5 Å². The fraction of sp³-hybridized carbons (Fsp3) is 0.269. The molecule has 0 saturated carbocycles. The van der Waals surface area contributed by atoms with E-state index in [1.807, 2.05) is 44.2 Å². The minimum Gasteiger partial charge on any atom is -0.325 e. The van der Waals surface area contributed by atoms with Crippen molar-refractivity contribution in [1.82, 2.24) is 4.31 Å². The van der Waals surface area contributed by atoms with Crippen LogP contribution in [-0.4, -0.2) is 24.7 Å². The molecule has 1 unspecified atom stereocenters. The highest BCUT2D eigenvalue weighted by Crippen LogP contribution is 2.34. The number of nitrogens with one attached hydrogen (secondary N) is 1. The number of halogens is 2. The zero-order valence-corrected chi connectivity index (χ0v) is 20.3. The number of hydrogen-bond donors (Lipinski definition) is 1. The van der Waals surface area contributed by atoms with E-state index in [4.69, 9.17) is 0 Å². The molecule has 34 heavy (non-hydrogen) atoms. The smallest absolute Gasteiger partial charge is 0.244 e. The standard InChI is InChI=1S/C26H26F2N2O3S/c1-15-11-16(2)18(4)25(17(15)3)34(32,33)30-14-20-8-6-5-7-19(20)12-24(30)26(31)29-21-9-10-22(27)23(28)13-21/h5-11,13,24H,12,14H2,1-4H3,(H,29,31). The third-order valence-electron chi connectivity index (χ3n) is 6.56. The van der Waals surface area contributed by atoms with E-state index in [1.165, 1.54) is 10.4 Å². The lowest BCUT2D eigenvalue weighted by molar-refractivity contribution is -0.120. The number of fused-ring (bicyclic) bond motifs is 1. The van der Waals surface area contributed by atoms with Crippen LogP contribution in [0.15, 0.2) is 53.4 Å². The van der Waals surface area contributed by atoms with Crippen molar-refractivity contribution in [3.05, 3.63) is 93.5 Å². The number of aryl methyl sites for hydroxylation is 2. The molecule has 8 heteroatoms. The molecule has 0 spiro atoms. The molecule has 4 rings (SSSR count). The fourth-order valence-corrected chi connectivity index (χ4v) is 6.60. The van der Waals surface area contributed by atoms with Crippen molar-refractivity contribution in [2.45, 2.75) is 51.6 Å². The molecule has 178 valence electrons. The van der Waals surface area contributed by atoms with E-state index >= 15 is 0 Å². The van der Waals surface area contributed by atoms with Crippen LogP contribution in [0.4, 0.5) is 14.5 Å². The average molecular weight is 485 g/mol. The van der Waals surface area contributed by atoms with Crippen molar-refractivity contribution in [3.63, 3.8) is 0 Å². The summed E-state index contributed by atoms with van der Waals surface area (Å²) >= 11 is 0. The van der Waals surface area contributed by atoms with Crippen molar-refractivity contribution in [1.29, 1.82) is 0 Å². The SMILES string of the molecule is Cc1cc(C)c(C)c(S(=O)(=O)N2Cc3ccccc3CC2C(=O)Nc2ccc(F)c(F)c2)c1C. The summed E-state index contributed by atoms with van der Waals surface area (Å²) in [7, 11) is -4.07. The predicted molar refractivity (Wildman–Crippen MR) is 127 cm³/mol. The van der Waals surface area contributed by atoms with Crippen LogP contribution in [0.1, 0.15) is 33.4 Å². The summed E-state index contributed by atoms with van der Waals surface area (Å²) in [6, 6.07) is 11.3. The first-order valence-electron chi connectivity index (χ1n) is 10.9. The number of anilines is 1. The van der Waals surface area contributed by atoms with Gasteiger partial charge in [-0.3, -0.25) is 4.79 Å². The van der Waals surface area contributed by atoms with E-state index < -0.39 is 33.6 Å². The molecule has 0 bridgehead atoms. The van der Waals surface area contributed by atoms with E-state index in [0.29, 0.717) is 11.1 Å². The Morgan fingerprint density at radius 2 is 1.53 bits per heavy atom. The molecule has 1 amide bonds. The van der Waals surface area contributed by atoms with Gasteiger partial charge in [0.25, 0.3) is 0 Å². The Balaban J connectivity index is 1.80. The molecule has 3 aromatic rings. The number of nitrogens with zero attached hydrogens (tertiary/aromatic N) is 1. The number of amides is 1. The second kappa shape index (κ2) is 8.92. The van der Waals surface area contributed by atoms with Crippen molar-refractivity contribution < 1.29 is 22.0 Å². The Morgan fingerprint density at radius 1 is 0.912 bits per heavy atom. The molecule has 1 aliphatic rings. The van der Waals surface area contributed by atoms with Crippen LogP contribution in [0, 0.1) is 39.3 Å². The molecule has 1 N–H and O–H groups in total. The number of benzene rings is 3. The van der Waals surface area contributed by atoms with E-state index in [9.17, 15) is 22.0 Å². The summed E-state index contributed by atoms with van der Waals surface area (Å²) in [5.74, 6) is -2.74. The van der Waals surface area contributed by atoms with Crippen LogP contribution in [0.25, 0.3) is 0 Å². The zero-order valence-electron chi connectivity index (χ0n) is 19.4. The molecule has 3 aromatic carbocycles. The first-order valence-corrected chi connectivity index (χ1v) is 12.4. The molecule has 0 saturated heterocycles. The Bertz CT molecular complexity index is 1380. The van der Waals surface area contributed by atoms with Gasteiger partial charge in [0.05, 0.1) is 4.90 Å². The molecule has 1 aliphatic heterocycles. The molecule has 1 atom stereocenters. The van der Waals surface area contributed by atoms with Crippen molar-refractivity contribution >= 4 is 21.6 Å². The zero-order chi connectivity index (χ0) is 24.8. The molecular formula is C26H26F2N2O3S. The van der Waals surface area contributed by atoms with Crippen LogP contribution in [-0.2, 0) is 27.8 Å². The normalized spacial score (nSPS) is 16.2. The highest BCUT2D eigenvalue weighted by Gasteiger charge is 2.41. The maximum absolute atomic E-state index is 14.0. The summed E-state index contributed by atoms with van der Waals surface area (Å²) in [6.07, 6.45) is 0.161. The topological polar surface area (TPSA) is 66.5 Å². The summed E-state index contributed by atoms with van der Waals surface area (Å²) in [4.78, 5) is 13.5. The van der Waals surface area contributed by atoms with Crippen molar-refractivity contribution in [2.24, 2.45) is 0 Å². The lowest BCUT2D eigenvalue weighted by Gasteiger charge is -2.36. The number of sulfonamides is 1. The van der Waals surface area contributed by atoms with Gasteiger partial charge in [0, 0.05) is 18.3 Å². The molecule has 1 heterocycles. The van der Waals surface area contributed by atoms with Gasteiger partial charge in [0.1, 0.15) is 6.04 Å². The Hall–Kier alpha value is -3.10. The monoisotopic (exact) mass is 484 g/mol. The van der Waals surface area contributed by atoms with Gasteiger partial charge in [-0.05, 0) is 79.6 Å². The summed E-state index contributed by atoms with van der Waals surface area (Å²) < 4.78 is 56.3. The maximum Gasteiger partial charge on any atom is 0.244 e. The second-order valence-corrected chi connectivity index (χ2v) is 10.6. The molecule has 5 nitrogen and oxygen atoms in total. The van der Waals surface area contributed by atoms with Gasteiger partial charge in [0.2, 0.25) is 15.9 Å². The van der Waals surface area contributed by atoms with Crippen LogP contribution in [0.5, 0.6) is 0 Å². The molecule has 0 radical (unpaired) electrons. The fourth-order valence-electron chi connectivity index (χ4n) is 4.46. The van der Waals surface area contributed by atoms with Crippen LogP contribution >= 0.6 is 0 Å². The third-order valence-corrected chi connectivity index (χ3v) is 8.69. The van der Waals surface area contributed by atoms with E-state index in [0.717, 1.165) is 34.4 Å². The maximum atomic E-state index is 14.0. The second-order valence-electron chi connectivity index (χ2n) is 8.75. The lowest BCUT2D eigenvalue weighted by Crippen LogP contribution is -2.50. The number of rotatable bonds is 4. The molecule has 0 aliphatic carbocycles. The summed E-state index contributed by atoms with van der Waals surface area (Å²) in [5.41, 5.74) is 4.72. The average Bonchev–Trinajstić information content (AvgIpc) is 2.79. The van der Waals surface area contributed by atoms with Gasteiger partial charge < -0.3 is 5.32 Å². The van der Waals surface area contributed by atoms with Crippen LogP contribution in [0.3, 0.4) is 0 Å². The number of hydrogen-bond acceptors (Lipinski definition) is 3. The van der Waals surface area contributed by atoms with Crippen LogP contribution < -0.4 is 5.32 Å². The molecule has 0 aromatic heterocycles. The minimum atomic E-state index is -4.07. The van der Waals surface area contributed by atoms with Crippen molar-refractivity contribution in [3.8, 4) is 0 Å².